The molecule has 3 rings (SSSR count). The molecule has 3 heterocycles. The summed E-state index contributed by atoms with van der Waals surface area (Å²) in [6, 6.07) is 1.55. The first kappa shape index (κ1) is 13.3. The number of likely N-dealkylation sites (tertiary alicyclic amines) is 1. The molecule has 1 N–H and O–H groups in total. The van der Waals surface area contributed by atoms with Crippen LogP contribution in [0, 0.1) is 0 Å². The van der Waals surface area contributed by atoms with Crippen molar-refractivity contribution in [1.29, 1.82) is 0 Å². The fraction of sp³-hybridized carbons (Fsp3) is 0.571. The Bertz CT molecular complexity index is 508. The zero-order chi connectivity index (χ0) is 14.1. The molecule has 0 saturated carbocycles. The summed E-state index contributed by atoms with van der Waals surface area (Å²) in [5.41, 5.74) is 0.430. The van der Waals surface area contributed by atoms with Crippen LogP contribution in [0.5, 0.6) is 5.75 Å². The highest BCUT2D eigenvalue weighted by Gasteiger charge is 2.38. The lowest BCUT2D eigenvalue weighted by Gasteiger charge is -2.46. The van der Waals surface area contributed by atoms with Crippen molar-refractivity contribution in [3.8, 4) is 5.75 Å². The average Bonchev–Trinajstić information content (AvgIpc) is 2.46. The van der Waals surface area contributed by atoms with Crippen molar-refractivity contribution in [2.45, 2.75) is 18.6 Å². The van der Waals surface area contributed by atoms with Crippen molar-refractivity contribution in [2.75, 3.05) is 33.3 Å². The second-order valence-corrected chi connectivity index (χ2v) is 5.46. The lowest BCUT2D eigenvalue weighted by atomic mass is 9.98. The number of aromatic nitrogens is 1. The molecular formula is C14H19N3O3. The number of aromatic hydroxyl groups is 1. The standard InChI is InChI=1S/C14H19N3O3/c1-16-3-2-13-12(9-16)17(4-5-20-13)14(19)10-6-11(18)8-15-7-10/h6-8,12-13,18H,2-5,9H2,1H3/t12-,13+/m0/s1. The number of carbonyl (C=O) groups is 1. The number of rotatable bonds is 1. The van der Waals surface area contributed by atoms with E-state index in [0.29, 0.717) is 18.7 Å². The maximum absolute atomic E-state index is 12.6. The number of hydrogen-bond donors (Lipinski definition) is 1. The van der Waals surface area contributed by atoms with Gasteiger partial charge < -0.3 is 19.6 Å². The molecule has 0 bridgehead atoms. The van der Waals surface area contributed by atoms with Crippen LogP contribution in [-0.4, -0.2) is 71.2 Å². The van der Waals surface area contributed by atoms with E-state index in [4.69, 9.17) is 4.74 Å². The van der Waals surface area contributed by atoms with Gasteiger partial charge in [0, 0.05) is 25.8 Å². The molecule has 108 valence electrons. The summed E-state index contributed by atoms with van der Waals surface area (Å²) in [6.45, 7) is 2.98. The first-order valence-corrected chi connectivity index (χ1v) is 6.90. The molecule has 6 nitrogen and oxygen atoms in total. The Morgan fingerprint density at radius 3 is 3.10 bits per heavy atom. The highest BCUT2D eigenvalue weighted by atomic mass is 16.5. The van der Waals surface area contributed by atoms with Gasteiger partial charge in [-0.05, 0) is 19.5 Å². The molecule has 0 aliphatic carbocycles. The Morgan fingerprint density at radius 1 is 1.45 bits per heavy atom. The van der Waals surface area contributed by atoms with Crippen LogP contribution in [0.3, 0.4) is 0 Å². The van der Waals surface area contributed by atoms with E-state index in [2.05, 4.69) is 16.9 Å². The molecule has 2 saturated heterocycles. The summed E-state index contributed by atoms with van der Waals surface area (Å²) >= 11 is 0. The number of morpholine rings is 1. The Labute approximate surface area is 118 Å². The minimum atomic E-state index is -0.0815. The third-order valence-electron chi connectivity index (χ3n) is 4.02. The molecule has 6 heteroatoms. The molecule has 2 aliphatic heterocycles. The SMILES string of the molecule is CN1CC[C@H]2OCCN(C(=O)c3cncc(O)c3)[C@H]2C1. The zero-order valence-electron chi connectivity index (χ0n) is 11.5. The molecule has 2 aliphatic rings. The van der Waals surface area contributed by atoms with Crippen LogP contribution < -0.4 is 0 Å². The normalized spacial score (nSPS) is 27.1. The van der Waals surface area contributed by atoms with Crippen molar-refractivity contribution in [3.63, 3.8) is 0 Å². The Morgan fingerprint density at radius 2 is 2.30 bits per heavy atom. The van der Waals surface area contributed by atoms with Crippen LogP contribution in [0.15, 0.2) is 18.5 Å². The first-order chi connectivity index (χ1) is 9.65. The van der Waals surface area contributed by atoms with Crippen LogP contribution in [0.4, 0.5) is 0 Å². The van der Waals surface area contributed by atoms with E-state index in [1.807, 2.05) is 4.90 Å². The van der Waals surface area contributed by atoms with Crippen molar-refractivity contribution in [2.24, 2.45) is 0 Å². The largest absolute Gasteiger partial charge is 0.506 e. The van der Waals surface area contributed by atoms with Gasteiger partial charge in [0.2, 0.25) is 0 Å². The van der Waals surface area contributed by atoms with E-state index in [1.54, 1.807) is 0 Å². The van der Waals surface area contributed by atoms with Gasteiger partial charge in [-0.25, -0.2) is 0 Å². The molecule has 0 aromatic carbocycles. The number of likely N-dealkylation sites (N-methyl/N-ethyl adjacent to an activating group) is 1. The van der Waals surface area contributed by atoms with E-state index in [0.717, 1.165) is 19.5 Å². The average molecular weight is 277 g/mol. The van der Waals surface area contributed by atoms with Crippen LogP contribution in [0.2, 0.25) is 0 Å². The lowest BCUT2D eigenvalue weighted by molar-refractivity contribution is -0.0870. The number of hydrogen-bond acceptors (Lipinski definition) is 5. The van der Waals surface area contributed by atoms with E-state index in [-0.39, 0.29) is 23.8 Å². The van der Waals surface area contributed by atoms with Crippen molar-refractivity contribution in [3.05, 3.63) is 24.0 Å². The van der Waals surface area contributed by atoms with Gasteiger partial charge in [-0.1, -0.05) is 0 Å². The highest BCUT2D eigenvalue weighted by Crippen LogP contribution is 2.24. The number of ether oxygens (including phenoxy) is 1. The monoisotopic (exact) mass is 277 g/mol. The lowest BCUT2D eigenvalue weighted by Crippen LogP contribution is -2.60. The number of carbonyl (C=O) groups excluding carboxylic acids is 1. The second kappa shape index (κ2) is 5.38. The predicted octanol–water partition coefficient (Wildman–Crippen LogP) is 0.332. The number of nitrogens with zero attached hydrogens (tertiary/aromatic N) is 3. The van der Waals surface area contributed by atoms with Gasteiger partial charge in [-0.15, -0.1) is 0 Å². The van der Waals surface area contributed by atoms with Crippen LogP contribution in [0.1, 0.15) is 16.8 Å². The van der Waals surface area contributed by atoms with Crippen LogP contribution >= 0.6 is 0 Å². The number of pyridine rings is 1. The topological polar surface area (TPSA) is 65.9 Å². The summed E-state index contributed by atoms with van der Waals surface area (Å²) in [6.07, 6.45) is 3.89. The molecular weight excluding hydrogens is 258 g/mol. The van der Waals surface area contributed by atoms with E-state index in [9.17, 15) is 9.90 Å². The smallest absolute Gasteiger partial charge is 0.256 e. The predicted molar refractivity (Wildman–Crippen MR) is 72.6 cm³/mol. The third-order valence-corrected chi connectivity index (χ3v) is 4.02. The van der Waals surface area contributed by atoms with Crippen LogP contribution in [0.25, 0.3) is 0 Å². The summed E-state index contributed by atoms with van der Waals surface area (Å²) in [4.78, 5) is 20.6. The number of fused-ring (bicyclic) bond motifs is 1. The van der Waals surface area contributed by atoms with Gasteiger partial charge in [0.1, 0.15) is 5.75 Å². The molecule has 0 unspecified atom stereocenters. The maximum atomic E-state index is 12.6. The second-order valence-electron chi connectivity index (χ2n) is 5.46. The van der Waals surface area contributed by atoms with Crippen molar-refractivity contribution < 1.29 is 14.6 Å². The molecule has 1 aromatic rings. The first-order valence-electron chi connectivity index (χ1n) is 6.90. The third kappa shape index (κ3) is 2.48. The molecule has 2 fully saturated rings. The Balaban J connectivity index is 1.82. The summed E-state index contributed by atoms with van der Waals surface area (Å²) in [7, 11) is 2.06. The summed E-state index contributed by atoms with van der Waals surface area (Å²) < 4.78 is 5.78. The Kier molecular flexibility index (Phi) is 3.58. The summed E-state index contributed by atoms with van der Waals surface area (Å²) in [5, 5.41) is 9.47. The minimum Gasteiger partial charge on any atom is -0.506 e. The van der Waals surface area contributed by atoms with E-state index in [1.165, 1.54) is 18.5 Å². The maximum Gasteiger partial charge on any atom is 0.256 e. The highest BCUT2D eigenvalue weighted by molar-refractivity contribution is 5.94. The number of amides is 1. The summed E-state index contributed by atoms with van der Waals surface area (Å²) in [5.74, 6) is -0.0663. The van der Waals surface area contributed by atoms with Gasteiger partial charge in [0.05, 0.1) is 30.5 Å². The van der Waals surface area contributed by atoms with Gasteiger partial charge in [-0.2, -0.15) is 0 Å². The molecule has 20 heavy (non-hydrogen) atoms. The minimum absolute atomic E-state index is 0.0152. The molecule has 0 radical (unpaired) electrons. The molecule has 0 spiro atoms. The molecule has 1 amide bonds. The Hall–Kier alpha value is -1.66. The number of piperidine rings is 1. The molecule has 1 aromatic heterocycles. The van der Waals surface area contributed by atoms with Crippen LogP contribution in [-0.2, 0) is 4.74 Å². The fourth-order valence-electron chi connectivity index (χ4n) is 2.99. The van der Waals surface area contributed by atoms with Crippen molar-refractivity contribution >= 4 is 5.91 Å². The van der Waals surface area contributed by atoms with Gasteiger partial charge in [0.25, 0.3) is 5.91 Å². The quantitative estimate of drug-likeness (QED) is 0.801. The zero-order valence-corrected chi connectivity index (χ0v) is 11.5. The van der Waals surface area contributed by atoms with Crippen molar-refractivity contribution in [1.82, 2.24) is 14.8 Å². The van der Waals surface area contributed by atoms with E-state index >= 15 is 0 Å². The van der Waals surface area contributed by atoms with Gasteiger partial charge >= 0.3 is 0 Å². The molecule has 2 atom stereocenters. The van der Waals surface area contributed by atoms with Gasteiger partial charge in [-0.3, -0.25) is 9.78 Å². The fourth-order valence-corrected chi connectivity index (χ4v) is 2.99. The van der Waals surface area contributed by atoms with E-state index < -0.39 is 0 Å². The van der Waals surface area contributed by atoms with Gasteiger partial charge in [0.15, 0.2) is 0 Å².